The molecule has 1 aromatic rings. The average Bonchev–Trinajstić information content (AvgIpc) is 2.48. The lowest BCUT2D eigenvalue weighted by molar-refractivity contribution is -0.129. The molecule has 20 heavy (non-hydrogen) atoms. The van der Waals surface area contributed by atoms with E-state index >= 15 is 0 Å². The number of nitrogens with one attached hydrogen (secondary N) is 1. The maximum absolute atomic E-state index is 11.3. The Morgan fingerprint density at radius 3 is 2.25 bits per heavy atom. The Bertz CT molecular complexity index is 482. The first-order valence-electron chi connectivity index (χ1n) is 6.56. The van der Waals surface area contributed by atoms with Gasteiger partial charge in [-0.15, -0.1) is 11.6 Å². The van der Waals surface area contributed by atoms with Crippen LogP contribution in [0, 0.1) is 0 Å². The Kier molecular flexibility index (Phi) is 4.84. The number of carbonyl (C=O) groups excluding carboxylic acids is 2. The molecule has 0 aliphatic carbocycles. The van der Waals surface area contributed by atoms with Crippen LogP contribution in [0.1, 0.15) is 6.92 Å². The molecule has 1 aliphatic rings. The normalized spacial score (nSPS) is 15.1. The number of carbonyl (C=O) groups is 2. The molecule has 1 N–H and O–H groups in total. The molecule has 0 atom stereocenters. The van der Waals surface area contributed by atoms with Gasteiger partial charge in [-0.1, -0.05) is 0 Å². The minimum Gasteiger partial charge on any atom is -0.368 e. The molecular formula is C14H18ClN3O2. The van der Waals surface area contributed by atoms with Gasteiger partial charge in [-0.2, -0.15) is 0 Å². The Labute approximate surface area is 123 Å². The van der Waals surface area contributed by atoms with Gasteiger partial charge in [-0.25, -0.2) is 0 Å². The number of piperazine rings is 1. The van der Waals surface area contributed by atoms with E-state index in [1.807, 2.05) is 29.2 Å². The molecule has 1 aliphatic heterocycles. The predicted octanol–water partition coefficient (Wildman–Crippen LogP) is 1.53. The lowest BCUT2D eigenvalue weighted by atomic mass is 10.2. The van der Waals surface area contributed by atoms with Gasteiger partial charge in [0.25, 0.3) is 0 Å². The van der Waals surface area contributed by atoms with Gasteiger partial charge in [0, 0.05) is 44.5 Å². The largest absolute Gasteiger partial charge is 0.368 e. The number of hydrogen-bond donors (Lipinski definition) is 1. The van der Waals surface area contributed by atoms with E-state index < -0.39 is 0 Å². The van der Waals surface area contributed by atoms with Crippen LogP contribution in [0.2, 0.25) is 0 Å². The van der Waals surface area contributed by atoms with Gasteiger partial charge in [0.15, 0.2) is 0 Å². The Balaban J connectivity index is 1.94. The Morgan fingerprint density at radius 2 is 1.75 bits per heavy atom. The first kappa shape index (κ1) is 14.7. The molecular weight excluding hydrogens is 278 g/mol. The summed E-state index contributed by atoms with van der Waals surface area (Å²) in [5.74, 6) is -0.132. The van der Waals surface area contributed by atoms with Crippen molar-refractivity contribution in [2.45, 2.75) is 6.92 Å². The highest BCUT2D eigenvalue weighted by molar-refractivity contribution is 6.29. The monoisotopic (exact) mass is 295 g/mol. The number of alkyl halides is 1. The second-order valence-corrected chi connectivity index (χ2v) is 4.99. The van der Waals surface area contributed by atoms with E-state index in [0.717, 1.165) is 37.6 Å². The van der Waals surface area contributed by atoms with Crippen LogP contribution >= 0.6 is 11.6 Å². The fraction of sp³-hybridized carbons (Fsp3) is 0.429. The van der Waals surface area contributed by atoms with E-state index in [1.165, 1.54) is 0 Å². The van der Waals surface area contributed by atoms with E-state index in [-0.39, 0.29) is 17.7 Å². The number of amides is 2. The molecule has 5 nitrogen and oxygen atoms in total. The van der Waals surface area contributed by atoms with Crippen LogP contribution in [0.15, 0.2) is 24.3 Å². The third-order valence-corrected chi connectivity index (χ3v) is 3.61. The molecule has 1 aromatic carbocycles. The van der Waals surface area contributed by atoms with Gasteiger partial charge < -0.3 is 15.1 Å². The zero-order valence-corrected chi connectivity index (χ0v) is 12.2. The van der Waals surface area contributed by atoms with E-state index in [4.69, 9.17) is 11.6 Å². The molecule has 2 rings (SSSR count). The number of nitrogens with zero attached hydrogens (tertiary/aromatic N) is 2. The highest BCUT2D eigenvalue weighted by Gasteiger charge is 2.18. The average molecular weight is 296 g/mol. The summed E-state index contributed by atoms with van der Waals surface area (Å²) >= 11 is 5.44. The molecule has 0 saturated carbocycles. The standard InChI is InChI=1S/C14H18ClN3O2/c1-11(19)17-6-8-18(9-7-17)13-4-2-12(3-5-13)16-14(20)10-15/h2-5H,6-10H2,1H3,(H,16,20). The number of hydrogen-bond acceptors (Lipinski definition) is 3. The second-order valence-electron chi connectivity index (χ2n) is 4.72. The van der Waals surface area contributed by atoms with E-state index in [1.54, 1.807) is 6.92 Å². The van der Waals surface area contributed by atoms with Crippen LogP contribution in [0.4, 0.5) is 11.4 Å². The number of halogens is 1. The topological polar surface area (TPSA) is 52.7 Å². The smallest absolute Gasteiger partial charge is 0.239 e. The highest BCUT2D eigenvalue weighted by Crippen LogP contribution is 2.19. The minimum atomic E-state index is -0.213. The third kappa shape index (κ3) is 3.63. The molecule has 0 spiro atoms. The summed E-state index contributed by atoms with van der Waals surface area (Å²) in [6.45, 7) is 4.75. The molecule has 6 heteroatoms. The van der Waals surface area contributed by atoms with Gasteiger partial charge in [-0.05, 0) is 24.3 Å². The molecule has 0 radical (unpaired) electrons. The van der Waals surface area contributed by atoms with Gasteiger partial charge >= 0.3 is 0 Å². The molecule has 0 aromatic heterocycles. The van der Waals surface area contributed by atoms with Crippen molar-refractivity contribution in [2.24, 2.45) is 0 Å². The number of anilines is 2. The summed E-state index contributed by atoms with van der Waals surface area (Å²) in [5.41, 5.74) is 1.83. The van der Waals surface area contributed by atoms with Crippen molar-refractivity contribution < 1.29 is 9.59 Å². The van der Waals surface area contributed by atoms with Crippen LogP contribution in [-0.4, -0.2) is 48.8 Å². The molecule has 2 amide bonds. The van der Waals surface area contributed by atoms with Crippen molar-refractivity contribution in [1.82, 2.24) is 4.90 Å². The van der Waals surface area contributed by atoms with Gasteiger partial charge in [0.1, 0.15) is 5.88 Å². The molecule has 0 unspecified atom stereocenters. The summed E-state index contributed by atoms with van der Waals surface area (Å²) < 4.78 is 0. The van der Waals surface area contributed by atoms with Crippen molar-refractivity contribution in [2.75, 3.05) is 42.3 Å². The second kappa shape index (κ2) is 6.61. The zero-order valence-electron chi connectivity index (χ0n) is 11.4. The minimum absolute atomic E-state index is 0.0469. The maximum atomic E-state index is 11.3. The first-order chi connectivity index (χ1) is 9.60. The van der Waals surface area contributed by atoms with E-state index in [2.05, 4.69) is 10.2 Å². The van der Waals surface area contributed by atoms with Crippen LogP contribution in [0.25, 0.3) is 0 Å². The molecule has 1 saturated heterocycles. The van der Waals surface area contributed by atoms with Gasteiger partial charge in [0.2, 0.25) is 11.8 Å². The SMILES string of the molecule is CC(=O)N1CCN(c2ccc(NC(=O)CCl)cc2)CC1. The van der Waals surface area contributed by atoms with Crippen molar-refractivity contribution in [3.8, 4) is 0 Å². The zero-order chi connectivity index (χ0) is 14.5. The van der Waals surface area contributed by atoms with Crippen LogP contribution in [0.3, 0.4) is 0 Å². The summed E-state index contributed by atoms with van der Waals surface area (Å²) in [7, 11) is 0. The summed E-state index contributed by atoms with van der Waals surface area (Å²) in [5, 5.41) is 2.70. The fourth-order valence-corrected chi connectivity index (χ4v) is 2.30. The quantitative estimate of drug-likeness (QED) is 0.861. The lowest BCUT2D eigenvalue weighted by Crippen LogP contribution is -2.48. The van der Waals surface area contributed by atoms with Crippen LogP contribution in [0.5, 0.6) is 0 Å². The van der Waals surface area contributed by atoms with E-state index in [9.17, 15) is 9.59 Å². The van der Waals surface area contributed by atoms with Gasteiger partial charge in [-0.3, -0.25) is 9.59 Å². The molecule has 1 fully saturated rings. The Hall–Kier alpha value is -1.75. The predicted molar refractivity (Wildman–Crippen MR) is 80.3 cm³/mol. The summed E-state index contributed by atoms with van der Waals surface area (Å²) in [6, 6.07) is 7.65. The lowest BCUT2D eigenvalue weighted by Gasteiger charge is -2.35. The molecule has 0 bridgehead atoms. The van der Waals surface area contributed by atoms with Crippen molar-refractivity contribution in [1.29, 1.82) is 0 Å². The Morgan fingerprint density at radius 1 is 1.15 bits per heavy atom. The van der Waals surface area contributed by atoms with Crippen molar-refractivity contribution in [3.05, 3.63) is 24.3 Å². The first-order valence-corrected chi connectivity index (χ1v) is 7.10. The molecule has 108 valence electrons. The fourth-order valence-electron chi connectivity index (χ4n) is 2.23. The number of rotatable bonds is 3. The third-order valence-electron chi connectivity index (χ3n) is 3.36. The van der Waals surface area contributed by atoms with Crippen LogP contribution in [-0.2, 0) is 9.59 Å². The summed E-state index contributed by atoms with van der Waals surface area (Å²) in [4.78, 5) is 26.5. The highest BCUT2D eigenvalue weighted by atomic mass is 35.5. The molecule has 1 heterocycles. The maximum Gasteiger partial charge on any atom is 0.239 e. The van der Waals surface area contributed by atoms with Crippen LogP contribution < -0.4 is 10.2 Å². The van der Waals surface area contributed by atoms with Crippen molar-refractivity contribution in [3.63, 3.8) is 0 Å². The van der Waals surface area contributed by atoms with Gasteiger partial charge in [0.05, 0.1) is 0 Å². The summed E-state index contributed by atoms with van der Waals surface area (Å²) in [6.07, 6.45) is 0. The van der Waals surface area contributed by atoms with E-state index in [0.29, 0.717) is 0 Å². The van der Waals surface area contributed by atoms with Crippen molar-refractivity contribution >= 4 is 34.8 Å². The number of benzene rings is 1.